The zero-order valence-corrected chi connectivity index (χ0v) is 20.8. The number of fused-ring (bicyclic) bond motifs is 1. The highest BCUT2D eigenvalue weighted by Crippen LogP contribution is 2.32. The van der Waals surface area contributed by atoms with Crippen molar-refractivity contribution < 1.29 is 27.5 Å². The molecule has 198 valence electrons. The van der Waals surface area contributed by atoms with Gasteiger partial charge in [0.15, 0.2) is 6.61 Å². The van der Waals surface area contributed by atoms with E-state index in [2.05, 4.69) is 10.6 Å². The highest BCUT2D eigenvalue weighted by molar-refractivity contribution is 6.08. The Labute approximate surface area is 223 Å². The normalized spacial score (nSPS) is 14.4. The first-order valence-corrected chi connectivity index (χ1v) is 12.4. The van der Waals surface area contributed by atoms with E-state index < -0.39 is 11.7 Å². The van der Waals surface area contributed by atoms with Gasteiger partial charge in [-0.25, -0.2) is 0 Å². The van der Waals surface area contributed by atoms with E-state index in [-0.39, 0.29) is 24.5 Å². The summed E-state index contributed by atoms with van der Waals surface area (Å²) in [5.74, 6) is 0.0547. The molecule has 0 bridgehead atoms. The lowest BCUT2D eigenvalue weighted by Gasteiger charge is -2.13. The second-order valence-corrected chi connectivity index (χ2v) is 9.33. The quantitative estimate of drug-likeness (QED) is 0.295. The van der Waals surface area contributed by atoms with Gasteiger partial charge in [0.25, 0.3) is 11.8 Å². The Morgan fingerprint density at radius 2 is 1.51 bits per heavy atom. The van der Waals surface area contributed by atoms with Crippen molar-refractivity contribution in [2.24, 2.45) is 0 Å². The molecule has 1 aliphatic rings. The van der Waals surface area contributed by atoms with Crippen molar-refractivity contribution in [1.82, 2.24) is 5.32 Å². The topological polar surface area (TPSA) is 67.4 Å². The maximum absolute atomic E-state index is 13.2. The fourth-order valence-corrected chi connectivity index (χ4v) is 4.70. The fourth-order valence-electron chi connectivity index (χ4n) is 4.70. The van der Waals surface area contributed by atoms with E-state index in [1.165, 1.54) is 12.1 Å². The predicted octanol–water partition coefficient (Wildman–Crippen LogP) is 6.29. The molecular weight excluding hydrogens is 505 g/mol. The van der Waals surface area contributed by atoms with Crippen molar-refractivity contribution >= 4 is 17.5 Å². The number of benzene rings is 4. The van der Waals surface area contributed by atoms with Crippen LogP contribution in [0.5, 0.6) is 5.75 Å². The summed E-state index contributed by atoms with van der Waals surface area (Å²) in [4.78, 5) is 25.5. The second-order valence-electron chi connectivity index (χ2n) is 9.33. The third-order valence-corrected chi connectivity index (χ3v) is 6.57. The Hall–Kier alpha value is -4.59. The van der Waals surface area contributed by atoms with Crippen LogP contribution in [0.1, 0.15) is 27.0 Å². The van der Waals surface area contributed by atoms with Crippen molar-refractivity contribution in [3.63, 3.8) is 0 Å². The zero-order chi connectivity index (χ0) is 27.4. The van der Waals surface area contributed by atoms with E-state index in [4.69, 9.17) is 4.74 Å². The van der Waals surface area contributed by atoms with Crippen LogP contribution in [0.3, 0.4) is 0 Å². The highest BCUT2D eigenvalue weighted by Gasteiger charge is 2.30. The van der Waals surface area contributed by atoms with Crippen LogP contribution < -0.4 is 15.4 Å². The Balaban J connectivity index is 1.22. The number of amides is 2. The molecule has 0 saturated carbocycles. The largest absolute Gasteiger partial charge is 0.484 e. The molecule has 0 fully saturated rings. The van der Waals surface area contributed by atoms with E-state index in [9.17, 15) is 22.8 Å². The summed E-state index contributed by atoms with van der Waals surface area (Å²) in [7, 11) is 0. The van der Waals surface area contributed by atoms with Crippen molar-refractivity contribution in [3.8, 4) is 16.9 Å². The number of alkyl halides is 3. The van der Waals surface area contributed by atoms with Crippen molar-refractivity contribution in [2.45, 2.75) is 25.1 Å². The average molecular weight is 531 g/mol. The zero-order valence-electron chi connectivity index (χ0n) is 20.8. The van der Waals surface area contributed by atoms with Gasteiger partial charge in [0.1, 0.15) is 5.75 Å². The van der Waals surface area contributed by atoms with Crippen LogP contribution >= 0.6 is 0 Å². The Morgan fingerprint density at radius 1 is 0.821 bits per heavy atom. The summed E-state index contributed by atoms with van der Waals surface area (Å²) < 4.78 is 44.4. The molecule has 0 radical (unpaired) electrons. The lowest BCUT2D eigenvalue weighted by Crippen LogP contribution is -2.38. The van der Waals surface area contributed by atoms with Crippen LogP contribution in [0.15, 0.2) is 97.1 Å². The SMILES string of the molecule is O=C(COc1ccccc1)NC1Cc2ccc(NC(=O)c3ccccc3-c3ccc(C(F)(F)F)cc3)cc2C1. The molecule has 8 heteroatoms. The number of carbonyl (C=O) groups excluding carboxylic acids is 2. The predicted molar refractivity (Wildman–Crippen MR) is 143 cm³/mol. The maximum Gasteiger partial charge on any atom is 0.416 e. The van der Waals surface area contributed by atoms with Crippen LogP contribution in [0.2, 0.25) is 0 Å². The Morgan fingerprint density at radius 3 is 2.26 bits per heavy atom. The first-order valence-electron chi connectivity index (χ1n) is 12.4. The van der Waals surface area contributed by atoms with Gasteiger partial charge in [-0.3, -0.25) is 9.59 Å². The molecule has 5 nitrogen and oxygen atoms in total. The molecule has 0 aliphatic heterocycles. The lowest BCUT2D eigenvalue weighted by atomic mass is 9.98. The molecule has 1 aliphatic carbocycles. The molecule has 1 atom stereocenters. The molecule has 2 amide bonds. The number of anilines is 1. The van der Waals surface area contributed by atoms with Gasteiger partial charge in [-0.2, -0.15) is 13.2 Å². The smallest absolute Gasteiger partial charge is 0.416 e. The van der Waals surface area contributed by atoms with E-state index in [1.54, 1.807) is 42.5 Å². The summed E-state index contributed by atoms with van der Waals surface area (Å²) in [5.41, 5.74) is 3.36. The van der Waals surface area contributed by atoms with Crippen LogP contribution in [0, 0.1) is 0 Å². The molecule has 5 rings (SSSR count). The monoisotopic (exact) mass is 530 g/mol. The van der Waals surface area contributed by atoms with Gasteiger partial charge in [-0.15, -0.1) is 0 Å². The van der Waals surface area contributed by atoms with Gasteiger partial charge in [0.05, 0.1) is 5.56 Å². The third-order valence-electron chi connectivity index (χ3n) is 6.57. The molecule has 0 saturated heterocycles. The van der Waals surface area contributed by atoms with Crippen LogP contribution in [0.25, 0.3) is 11.1 Å². The first kappa shape index (κ1) is 26.0. The molecular formula is C31H25F3N2O3. The van der Waals surface area contributed by atoms with Crippen molar-refractivity contribution in [1.29, 1.82) is 0 Å². The van der Waals surface area contributed by atoms with E-state index >= 15 is 0 Å². The highest BCUT2D eigenvalue weighted by atomic mass is 19.4. The lowest BCUT2D eigenvalue weighted by molar-refractivity contribution is -0.137. The van der Waals surface area contributed by atoms with E-state index in [1.807, 2.05) is 30.3 Å². The minimum absolute atomic E-state index is 0.0711. The first-order chi connectivity index (χ1) is 18.8. The standard InChI is InChI=1S/C31H25F3N2O3/c32-31(33,34)23-13-10-20(11-14-23)27-8-4-5-9-28(27)30(38)36-24-15-12-21-16-25(18-22(21)17-24)35-29(37)19-39-26-6-2-1-3-7-26/h1-15,17,25H,16,18-19H2,(H,35,37)(H,36,38). The van der Waals surface area contributed by atoms with Gasteiger partial charge < -0.3 is 15.4 Å². The minimum Gasteiger partial charge on any atom is -0.484 e. The molecule has 2 N–H and O–H groups in total. The fraction of sp³-hybridized carbons (Fsp3) is 0.161. The van der Waals surface area contributed by atoms with Crippen molar-refractivity contribution in [2.75, 3.05) is 11.9 Å². The molecule has 1 unspecified atom stereocenters. The average Bonchev–Trinajstić information content (AvgIpc) is 3.33. The van der Waals surface area contributed by atoms with E-state index in [0.29, 0.717) is 41.0 Å². The molecule has 0 spiro atoms. The van der Waals surface area contributed by atoms with Gasteiger partial charge in [0.2, 0.25) is 0 Å². The number of ether oxygens (including phenoxy) is 1. The van der Waals surface area contributed by atoms with Gasteiger partial charge in [-0.1, -0.05) is 54.6 Å². The van der Waals surface area contributed by atoms with Crippen molar-refractivity contribution in [3.05, 3.63) is 119 Å². The Bertz CT molecular complexity index is 1490. The summed E-state index contributed by atoms with van der Waals surface area (Å²) in [6, 6.07) is 26.2. The molecule has 4 aromatic carbocycles. The van der Waals surface area contributed by atoms with Gasteiger partial charge in [0, 0.05) is 17.3 Å². The summed E-state index contributed by atoms with van der Waals surface area (Å²) in [6.45, 7) is -0.0729. The number of hydrogen-bond donors (Lipinski definition) is 2. The summed E-state index contributed by atoms with van der Waals surface area (Å²) >= 11 is 0. The molecule has 0 heterocycles. The van der Waals surface area contributed by atoms with E-state index in [0.717, 1.165) is 23.3 Å². The summed E-state index contributed by atoms with van der Waals surface area (Å²) in [6.07, 6.45) is -3.13. The van der Waals surface area contributed by atoms with Gasteiger partial charge in [-0.05, 0) is 77.6 Å². The van der Waals surface area contributed by atoms with Crippen LogP contribution in [-0.2, 0) is 23.8 Å². The molecule has 4 aromatic rings. The molecule has 39 heavy (non-hydrogen) atoms. The Kier molecular flexibility index (Phi) is 7.36. The number of hydrogen-bond acceptors (Lipinski definition) is 3. The maximum atomic E-state index is 13.2. The third kappa shape index (κ3) is 6.29. The number of halogens is 3. The van der Waals surface area contributed by atoms with Crippen LogP contribution in [0.4, 0.5) is 18.9 Å². The second kappa shape index (κ2) is 11.0. The number of nitrogens with one attached hydrogen (secondary N) is 2. The van der Waals surface area contributed by atoms with Gasteiger partial charge >= 0.3 is 6.18 Å². The minimum atomic E-state index is -4.43. The number of para-hydroxylation sites is 1. The summed E-state index contributed by atoms with van der Waals surface area (Å²) in [5, 5.41) is 5.90. The molecule has 0 aromatic heterocycles. The number of carbonyl (C=O) groups is 2. The number of rotatable bonds is 7. The van der Waals surface area contributed by atoms with Crippen LogP contribution in [-0.4, -0.2) is 24.5 Å².